The number of anilines is 1. The van der Waals surface area contributed by atoms with Crippen LogP contribution in [0.4, 0.5) is 5.69 Å². The Balaban J connectivity index is 1.58. The molecule has 33 heavy (non-hydrogen) atoms. The highest BCUT2D eigenvalue weighted by Crippen LogP contribution is 2.44. The van der Waals surface area contributed by atoms with Crippen molar-refractivity contribution in [1.29, 1.82) is 0 Å². The first kappa shape index (κ1) is 20.6. The number of hydrogen-bond acceptors (Lipinski definition) is 4. The number of allylic oxidation sites excluding steroid dienone is 3. The van der Waals surface area contributed by atoms with Gasteiger partial charge >= 0.3 is 5.97 Å². The largest absolute Gasteiger partial charge is 0.439 e. The first-order valence-electron chi connectivity index (χ1n) is 11.0. The summed E-state index contributed by atoms with van der Waals surface area (Å²) in [5.74, 6) is 1.20. The first-order chi connectivity index (χ1) is 16.2. The van der Waals surface area contributed by atoms with Crippen molar-refractivity contribution < 1.29 is 14.3 Å². The summed E-state index contributed by atoms with van der Waals surface area (Å²) in [6, 6.07) is 21.7. The van der Waals surface area contributed by atoms with E-state index in [1.165, 1.54) is 0 Å². The Morgan fingerprint density at radius 2 is 1.76 bits per heavy atom. The van der Waals surface area contributed by atoms with Gasteiger partial charge in [0.1, 0.15) is 5.76 Å². The van der Waals surface area contributed by atoms with Crippen molar-refractivity contribution in [3.63, 3.8) is 0 Å². The minimum Gasteiger partial charge on any atom is -0.439 e. The Morgan fingerprint density at radius 3 is 2.55 bits per heavy atom. The second kappa shape index (κ2) is 8.68. The summed E-state index contributed by atoms with van der Waals surface area (Å²) in [4.78, 5) is 17.9. The highest BCUT2D eigenvalue weighted by molar-refractivity contribution is 6.08. The van der Waals surface area contributed by atoms with Crippen LogP contribution in [0, 0.1) is 6.57 Å². The molecule has 0 unspecified atom stereocenters. The van der Waals surface area contributed by atoms with Gasteiger partial charge in [-0.3, -0.25) is 4.79 Å². The van der Waals surface area contributed by atoms with E-state index in [4.69, 9.17) is 16.0 Å². The average Bonchev–Trinajstić information content (AvgIpc) is 3.38. The lowest BCUT2D eigenvalue weighted by Crippen LogP contribution is -2.21. The van der Waals surface area contributed by atoms with E-state index in [-0.39, 0.29) is 5.70 Å². The zero-order valence-electron chi connectivity index (χ0n) is 18.2. The van der Waals surface area contributed by atoms with E-state index in [1.54, 1.807) is 6.08 Å². The third-order valence-electron chi connectivity index (χ3n) is 5.78. The highest BCUT2D eigenvalue weighted by Gasteiger charge is 2.32. The Hall–Kier alpha value is -4.30. The molecule has 0 N–H and O–H groups in total. The number of hydrogen-bond donors (Lipinski definition) is 0. The number of ether oxygens (including phenoxy) is 2. The molecule has 0 saturated carbocycles. The van der Waals surface area contributed by atoms with Gasteiger partial charge in [0.2, 0.25) is 5.88 Å². The number of fused-ring (bicyclic) bond motifs is 3. The molecule has 3 aromatic rings. The summed E-state index contributed by atoms with van der Waals surface area (Å²) < 4.78 is 11.7. The van der Waals surface area contributed by atoms with Gasteiger partial charge in [0.15, 0.2) is 5.75 Å². The number of unbranched alkanes of at least 4 members (excludes halogenated alkanes) is 1. The molecule has 5 nitrogen and oxygen atoms in total. The summed E-state index contributed by atoms with van der Waals surface area (Å²) in [5, 5.41) is 2.29. The van der Waals surface area contributed by atoms with Gasteiger partial charge in [0.05, 0.1) is 12.3 Å². The normalized spacial score (nSPS) is 17.5. The number of esters is 1. The van der Waals surface area contributed by atoms with E-state index >= 15 is 0 Å². The Kier molecular flexibility index (Phi) is 5.42. The molecule has 0 bridgehead atoms. The number of benzene rings is 3. The van der Waals surface area contributed by atoms with Gasteiger partial charge in [-0.15, -0.1) is 0 Å². The second-order valence-electron chi connectivity index (χ2n) is 7.87. The number of nitrogens with zero attached hydrogens (tertiary/aromatic N) is 2. The number of cyclic esters (lactones) is 1. The second-order valence-corrected chi connectivity index (χ2v) is 7.87. The standard InChI is InChI=1S/C28H22N2O3/c1-3-4-18-30-24(32-23-15-14-19-10-8-9-13-21(19)27(23)30)17-16-22-25(20-11-6-5-7-12-20)26(29-2)28(31)33-22/h5-17H,3-4,18H2,1H3/b22-16-,24-17-. The predicted octanol–water partition coefficient (Wildman–Crippen LogP) is 6.45. The lowest BCUT2D eigenvalue weighted by molar-refractivity contribution is -0.132. The molecule has 5 rings (SSSR count). The average molecular weight is 434 g/mol. The van der Waals surface area contributed by atoms with Crippen LogP contribution in [-0.2, 0) is 9.53 Å². The van der Waals surface area contributed by atoms with E-state index in [0.29, 0.717) is 17.2 Å². The lowest BCUT2D eigenvalue weighted by atomic mass is 10.0. The summed E-state index contributed by atoms with van der Waals surface area (Å²) >= 11 is 0. The van der Waals surface area contributed by atoms with Crippen molar-refractivity contribution >= 4 is 28.0 Å². The fraction of sp³-hybridized carbons (Fsp3) is 0.143. The smallest absolute Gasteiger partial charge is 0.342 e. The summed E-state index contributed by atoms with van der Waals surface area (Å²) in [6.07, 6.45) is 5.60. The summed E-state index contributed by atoms with van der Waals surface area (Å²) in [5.41, 5.74) is 2.32. The van der Waals surface area contributed by atoms with Crippen LogP contribution < -0.4 is 9.64 Å². The molecule has 3 aromatic carbocycles. The van der Waals surface area contributed by atoms with Crippen LogP contribution >= 0.6 is 0 Å². The fourth-order valence-electron chi connectivity index (χ4n) is 4.20. The van der Waals surface area contributed by atoms with E-state index in [0.717, 1.165) is 47.2 Å². The van der Waals surface area contributed by atoms with E-state index in [1.807, 2.05) is 54.6 Å². The van der Waals surface area contributed by atoms with Gasteiger partial charge in [0, 0.05) is 23.6 Å². The molecule has 5 heteroatoms. The molecule has 0 amide bonds. The third-order valence-corrected chi connectivity index (χ3v) is 5.78. The SMILES string of the molecule is [C-]#[N+]C1=C(c2ccccc2)/C(=C/C=C2\Oc3ccc4ccccc4c3N2CCCC)OC1=O. The molecule has 0 atom stereocenters. The van der Waals surface area contributed by atoms with E-state index in [2.05, 4.69) is 34.9 Å². The molecule has 0 fully saturated rings. The van der Waals surface area contributed by atoms with Gasteiger partial charge in [-0.2, -0.15) is 0 Å². The van der Waals surface area contributed by atoms with Gasteiger partial charge in [0.25, 0.3) is 5.70 Å². The van der Waals surface area contributed by atoms with Gasteiger partial charge in [-0.05, 0) is 29.5 Å². The molecule has 0 spiro atoms. The monoisotopic (exact) mass is 434 g/mol. The van der Waals surface area contributed by atoms with Crippen molar-refractivity contribution in [2.45, 2.75) is 19.8 Å². The van der Waals surface area contributed by atoms with Crippen LogP contribution in [0.2, 0.25) is 0 Å². The predicted molar refractivity (Wildman–Crippen MR) is 129 cm³/mol. The molecule has 2 aliphatic heterocycles. The first-order valence-corrected chi connectivity index (χ1v) is 11.0. The van der Waals surface area contributed by atoms with Gasteiger partial charge in [-0.1, -0.05) is 74.0 Å². The van der Waals surface area contributed by atoms with Crippen LogP contribution in [0.3, 0.4) is 0 Å². The van der Waals surface area contributed by atoms with Crippen LogP contribution in [0.15, 0.2) is 96.2 Å². The maximum atomic E-state index is 12.3. The lowest BCUT2D eigenvalue weighted by Gasteiger charge is -2.19. The zero-order chi connectivity index (χ0) is 22.8. The van der Waals surface area contributed by atoms with Crippen molar-refractivity contribution in [3.05, 3.63) is 113 Å². The van der Waals surface area contributed by atoms with Crippen LogP contribution in [0.25, 0.3) is 21.2 Å². The van der Waals surface area contributed by atoms with Gasteiger partial charge in [-0.25, -0.2) is 4.85 Å². The molecule has 0 saturated heterocycles. The van der Waals surface area contributed by atoms with Crippen LogP contribution in [0.1, 0.15) is 25.3 Å². The maximum Gasteiger partial charge on any atom is 0.342 e. The summed E-state index contributed by atoms with van der Waals surface area (Å²) in [7, 11) is 0. The van der Waals surface area contributed by atoms with E-state index in [9.17, 15) is 4.79 Å². The molecule has 162 valence electrons. The Bertz CT molecular complexity index is 1380. The van der Waals surface area contributed by atoms with Crippen molar-refractivity contribution in [1.82, 2.24) is 0 Å². The van der Waals surface area contributed by atoms with Crippen molar-refractivity contribution in [2.24, 2.45) is 0 Å². The maximum absolute atomic E-state index is 12.3. The van der Waals surface area contributed by atoms with Crippen molar-refractivity contribution in [2.75, 3.05) is 11.4 Å². The Morgan fingerprint density at radius 1 is 0.970 bits per heavy atom. The van der Waals surface area contributed by atoms with Crippen LogP contribution in [-0.4, -0.2) is 12.5 Å². The summed E-state index contributed by atoms with van der Waals surface area (Å²) in [6.45, 7) is 10.4. The molecule has 0 aromatic heterocycles. The molecular formula is C28H22N2O3. The van der Waals surface area contributed by atoms with Crippen molar-refractivity contribution in [3.8, 4) is 5.75 Å². The molecule has 2 heterocycles. The number of carbonyl (C=O) groups excluding carboxylic acids is 1. The molecule has 2 aliphatic rings. The Labute approximate surface area is 192 Å². The highest BCUT2D eigenvalue weighted by atomic mass is 16.5. The zero-order valence-corrected chi connectivity index (χ0v) is 18.2. The van der Waals surface area contributed by atoms with Crippen LogP contribution in [0.5, 0.6) is 5.75 Å². The minimum atomic E-state index is -0.627. The quantitative estimate of drug-likeness (QED) is 0.342. The third kappa shape index (κ3) is 3.66. The molecule has 0 aliphatic carbocycles. The topological polar surface area (TPSA) is 43.1 Å². The number of carbonyl (C=O) groups is 1. The minimum absolute atomic E-state index is 0.00434. The van der Waals surface area contributed by atoms with E-state index < -0.39 is 5.97 Å². The van der Waals surface area contributed by atoms with Gasteiger partial charge < -0.3 is 14.4 Å². The fourth-order valence-corrected chi connectivity index (χ4v) is 4.20. The molecule has 0 radical (unpaired) electrons. The molecular weight excluding hydrogens is 412 g/mol. The number of rotatable bonds is 5.